The fourth-order valence-corrected chi connectivity index (χ4v) is 1.82. The van der Waals surface area contributed by atoms with Crippen molar-refractivity contribution in [1.82, 2.24) is 0 Å². The van der Waals surface area contributed by atoms with Crippen molar-refractivity contribution in [3.05, 3.63) is 53.1 Å². The van der Waals surface area contributed by atoms with Crippen molar-refractivity contribution in [3.8, 4) is 11.1 Å². The highest BCUT2D eigenvalue weighted by atomic mass is 35.5. The number of nitrogen functional groups attached to an aromatic ring is 1. The zero-order valence-electron chi connectivity index (χ0n) is 9.20. The number of halogens is 1. The highest BCUT2D eigenvalue weighted by Gasteiger charge is 2.01. The lowest BCUT2D eigenvalue weighted by molar-refractivity contribution is 1.14. The smallest absolute Gasteiger partial charge is 0.0641 e. The van der Waals surface area contributed by atoms with Crippen LogP contribution in [0.5, 0.6) is 0 Å². The highest BCUT2D eigenvalue weighted by Crippen LogP contribution is 2.27. The third-order valence-corrected chi connectivity index (χ3v) is 3.02. The van der Waals surface area contributed by atoms with E-state index in [1.165, 1.54) is 11.1 Å². The van der Waals surface area contributed by atoms with Crippen molar-refractivity contribution >= 4 is 17.3 Å². The molecule has 0 atom stereocenters. The topological polar surface area (TPSA) is 26.0 Å². The summed E-state index contributed by atoms with van der Waals surface area (Å²) >= 11 is 6.00. The second-order valence-corrected chi connectivity index (χ2v) is 4.19. The number of hydrogen-bond donors (Lipinski definition) is 1. The first-order valence-corrected chi connectivity index (χ1v) is 5.73. The quantitative estimate of drug-likeness (QED) is 0.772. The fraction of sp³-hybridized carbons (Fsp3) is 0.143. The summed E-state index contributed by atoms with van der Waals surface area (Å²) in [5, 5.41) is 0.608. The molecule has 2 aromatic carbocycles. The first-order valence-electron chi connectivity index (χ1n) is 5.35. The maximum atomic E-state index is 6.00. The van der Waals surface area contributed by atoms with E-state index < -0.39 is 0 Å². The second kappa shape index (κ2) is 4.58. The van der Waals surface area contributed by atoms with Crippen LogP contribution in [-0.2, 0) is 6.42 Å². The van der Waals surface area contributed by atoms with Crippen LogP contribution in [-0.4, -0.2) is 0 Å². The van der Waals surface area contributed by atoms with Gasteiger partial charge in [-0.25, -0.2) is 0 Å². The molecule has 82 valence electrons. The third kappa shape index (κ3) is 2.20. The van der Waals surface area contributed by atoms with E-state index in [1.54, 1.807) is 0 Å². The number of anilines is 1. The van der Waals surface area contributed by atoms with Gasteiger partial charge in [0.25, 0.3) is 0 Å². The van der Waals surface area contributed by atoms with Crippen molar-refractivity contribution in [3.63, 3.8) is 0 Å². The molecule has 0 aliphatic rings. The molecule has 1 nitrogen and oxygen atoms in total. The molecule has 0 aromatic heterocycles. The van der Waals surface area contributed by atoms with E-state index >= 15 is 0 Å². The first-order chi connectivity index (χ1) is 7.70. The Kier molecular flexibility index (Phi) is 3.16. The van der Waals surface area contributed by atoms with Gasteiger partial charge in [0.2, 0.25) is 0 Å². The Balaban J connectivity index is 2.38. The van der Waals surface area contributed by atoms with Crippen LogP contribution in [0.15, 0.2) is 42.5 Å². The number of hydrogen-bond acceptors (Lipinski definition) is 1. The first kappa shape index (κ1) is 11.0. The molecule has 0 amide bonds. The zero-order chi connectivity index (χ0) is 11.5. The van der Waals surface area contributed by atoms with Crippen LogP contribution in [0.3, 0.4) is 0 Å². The van der Waals surface area contributed by atoms with Gasteiger partial charge in [-0.1, -0.05) is 48.9 Å². The van der Waals surface area contributed by atoms with Crippen LogP contribution >= 0.6 is 11.6 Å². The minimum Gasteiger partial charge on any atom is -0.398 e. The molecule has 0 aliphatic heterocycles. The Morgan fingerprint density at radius 2 is 1.62 bits per heavy atom. The number of aryl methyl sites for hydroxylation is 1. The van der Waals surface area contributed by atoms with Crippen molar-refractivity contribution in [2.45, 2.75) is 13.3 Å². The van der Waals surface area contributed by atoms with Crippen LogP contribution in [0.2, 0.25) is 5.02 Å². The molecule has 0 saturated carbocycles. The maximum Gasteiger partial charge on any atom is 0.0641 e. The molecule has 0 fully saturated rings. The molecular weight excluding hydrogens is 218 g/mol. The van der Waals surface area contributed by atoms with Gasteiger partial charge in [0.05, 0.1) is 10.7 Å². The number of benzene rings is 2. The average molecular weight is 232 g/mol. The molecular formula is C14H14ClN. The molecule has 0 radical (unpaired) electrons. The SMILES string of the molecule is CCc1ccc(-c2ccc(N)c(Cl)c2)cc1. The van der Waals surface area contributed by atoms with Crippen molar-refractivity contribution in [1.29, 1.82) is 0 Å². The summed E-state index contributed by atoms with van der Waals surface area (Å²) in [4.78, 5) is 0. The van der Waals surface area contributed by atoms with Crippen molar-refractivity contribution in [2.24, 2.45) is 0 Å². The Bertz CT molecular complexity index is 489. The summed E-state index contributed by atoms with van der Waals surface area (Å²) in [6.45, 7) is 2.15. The maximum absolute atomic E-state index is 6.00. The van der Waals surface area contributed by atoms with E-state index in [9.17, 15) is 0 Å². The van der Waals surface area contributed by atoms with E-state index in [1.807, 2.05) is 18.2 Å². The van der Waals surface area contributed by atoms with Crippen LogP contribution in [0.1, 0.15) is 12.5 Å². The summed E-state index contributed by atoms with van der Waals surface area (Å²) in [7, 11) is 0. The average Bonchev–Trinajstić information content (AvgIpc) is 2.33. The van der Waals surface area contributed by atoms with E-state index in [-0.39, 0.29) is 0 Å². The largest absolute Gasteiger partial charge is 0.398 e. The lowest BCUT2D eigenvalue weighted by Gasteiger charge is -2.05. The summed E-state index contributed by atoms with van der Waals surface area (Å²) in [5.74, 6) is 0. The van der Waals surface area contributed by atoms with Gasteiger partial charge in [-0.15, -0.1) is 0 Å². The molecule has 2 rings (SSSR count). The Labute approximate surface area is 101 Å². The molecule has 2 N–H and O–H groups in total. The Morgan fingerprint density at radius 3 is 2.19 bits per heavy atom. The predicted molar refractivity (Wildman–Crippen MR) is 70.7 cm³/mol. The molecule has 0 spiro atoms. The molecule has 2 aromatic rings. The molecule has 2 heteroatoms. The molecule has 16 heavy (non-hydrogen) atoms. The van der Waals surface area contributed by atoms with Gasteiger partial charge in [-0.3, -0.25) is 0 Å². The minimum absolute atomic E-state index is 0.608. The van der Waals surface area contributed by atoms with Crippen LogP contribution in [0.4, 0.5) is 5.69 Å². The molecule has 0 aliphatic carbocycles. The highest BCUT2D eigenvalue weighted by molar-refractivity contribution is 6.33. The van der Waals surface area contributed by atoms with Crippen LogP contribution in [0.25, 0.3) is 11.1 Å². The van der Waals surface area contributed by atoms with E-state index in [2.05, 4.69) is 31.2 Å². The van der Waals surface area contributed by atoms with Gasteiger partial charge in [0.1, 0.15) is 0 Å². The predicted octanol–water partition coefficient (Wildman–Crippen LogP) is 4.15. The van der Waals surface area contributed by atoms with Crippen LogP contribution in [0, 0.1) is 0 Å². The third-order valence-electron chi connectivity index (χ3n) is 2.70. The second-order valence-electron chi connectivity index (χ2n) is 3.79. The summed E-state index contributed by atoms with van der Waals surface area (Å²) in [6, 6.07) is 14.2. The van der Waals surface area contributed by atoms with Gasteiger partial charge in [-0.05, 0) is 35.2 Å². The Hall–Kier alpha value is -1.47. The van der Waals surface area contributed by atoms with E-state index in [0.29, 0.717) is 10.7 Å². The lowest BCUT2D eigenvalue weighted by atomic mass is 10.0. The molecule has 0 unspecified atom stereocenters. The van der Waals surface area contributed by atoms with Gasteiger partial charge in [0.15, 0.2) is 0 Å². The summed E-state index contributed by atoms with van der Waals surface area (Å²) in [5.41, 5.74) is 9.90. The monoisotopic (exact) mass is 231 g/mol. The molecule has 0 bridgehead atoms. The van der Waals surface area contributed by atoms with Crippen molar-refractivity contribution in [2.75, 3.05) is 5.73 Å². The zero-order valence-corrected chi connectivity index (χ0v) is 9.96. The normalized spacial score (nSPS) is 10.4. The van der Waals surface area contributed by atoms with Gasteiger partial charge in [-0.2, -0.15) is 0 Å². The summed E-state index contributed by atoms with van der Waals surface area (Å²) < 4.78 is 0. The molecule has 0 heterocycles. The molecule has 0 saturated heterocycles. The lowest BCUT2D eigenvalue weighted by Crippen LogP contribution is -1.87. The van der Waals surface area contributed by atoms with Crippen molar-refractivity contribution < 1.29 is 0 Å². The van der Waals surface area contributed by atoms with E-state index in [4.69, 9.17) is 17.3 Å². The van der Waals surface area contributed by atoms with Gasteiger partial charge < -0.3 is 5.73 Å². The minimum atomic E-state index is 0.608. The Morgan fingerprint density at radius 1 is 1.00 bits per heavy atom. The summed E-state index contributed by atoms with van der Waals surface area (Å²) in [6.07, 6.45) is 1.06. The number of nitrogens with two attached hydrogens (primary N) is 1. The standard InChI is InChI=1S/C14H14ClN/c1-2-10-3-5-11(6-4-10)12-7-8-14(16)13(15)9-12/h3-9H,2,16H2,1H3. The van der Waals surface area contributed by atoms with Gasteiger partial charge >= 0.3 is 0 Å². The van der Waals surface area contributed by atoms with Crippen LogP contribution < -0.4 is 5.73 Å². The number of rotatable bonds is 2. The fourth-order valence-electron chi connectivity index (χ4n) is 1.64. The van der Waals surface area contributed by atoms with E-state index in [0.717, 1.165) is 12.0 Å². The van der Waals surface area contributed by atoms with Gasteiger partial charge in [0, 0.05) is 0 Å².